The Morgan fingerprint density at radius 1 is 1.44 bits per heavy atom. The van der Waals surface area contributed by atoms with Crippen molar-refractivity contribution >= 4 is 31.4 Å². The Morgan fingerprint density at radius 2 is 2.19 bits per heavy atom. The van der Waals surface area contributed by atoms with E-state index in [1.54, 1.807) is 18.2 Å². The molecular formula is C10H12N2O2S2. The Bertz CT molecular complexity index is 617. The van der Waals surface area contributed by atoms with Gasteiger partial charge < -0.3 is 5.73 Å². The van der Waals surface area contributed by atoms with Gasteiger partial charge in [-0.25, -0.2) is 13.4 Å². The summed E-state index contributed by atoms with van der Waals surface area (Å²) in [6.45, 7) is 0.554. The molecule has 0 fully saturated rings. The quantitative estimate of drug-likeness (QED) is 0.895. The molecule has 0 aliphatic carbocycles. The number of rotatable bonds is 3. The fourth-order valence-corrected chi connectivity index (χ4v) is 3.16. The minimum atomic E-state index is -3.14. The number of fused-ring (bicyclic) bond motifs is 1. The number of aromatic nitrogens is 1. The predicted molar refractivity (Wildman–Crippen MR) is 65.5 cm³/mol. The summed E-state index contributed by atoms with van der Waals surface area (Å²) in [4.78, 5) is 4.71. The fraction of sp³-hybridized carbons (Fsp3) is 0.300. The second-order valence-corrected chi connectivity index (χ2v) is 6.68. The van der Waals surface area contributed by atoms with Gasteiger partial charge in [0, 0.05) is 12.7 Å². The number of thiazole rings is 1. The number of hydrogen-bond acceptors (Lipinski definition) is 5. The molecule has 0 aliphatic rings. The van der Waals surface area contributed by atoms with Crippen molar-refractivity contribution in [3.05, 3.63) is 23.2 Å². The predicted octanol–water partition coefficient (Wildman–Crippen LogP) is 1.20. The number of nitrogens with two attached hydrogens (primary N) is 1. The topological polar surface area (TPSA) is 73.0 Å². The molecule has 1 heterocycles. The molecule has 4 nitrogen and oxygen atoms in total. The molecule has 2 N–H and O–H groups in total. The molecule has 0 atom stereocenters. The molecule has 0 aliphatic heterocycles. The van der Waals surface area contributed by atoms with Gasteiger partial charge in [0.25, 0.3) is 0 Å². The van der Waals surface area contributed by atoms with Crippen LogP contribution in [-0.2, 0) is 16.3 Å². The van der Waals surface area contributed by atoms with E-state index in [9.17, 15) is 8.42 Å². The van der Waals surface area contributed by atoms with Gasteiger partial charge >= 0.3 is 0 Å². The molecule has 6 heteroatoms. The van der Waals surface area contributed by atoms with Crippen LogP contribution in [0.25, 0.3) is 10.2 Å². The van der Waals surface area contributed by atoms with Crippen molar-refractivity contribution < 1.29 is 8.42 Å². The van der Waals surface area contributed by atoms with E-state index in [4.69, 9.17) is 5.73 Å². The zero-order valence-electron chi connectivity index (χ0n) is 8.80. The molecule has 0 saturated heterocycles. The first-order chi connectivity index (χ1) is 7.50. The van der Waals surface area contributed by atoms with Crippen molar-refractivity contribution in [3.8, 4) is 0 Å². The van der Waals surface area contributed by atoms with Gasteiger partial charge in [-0.1, -0.05) is 0 Å². The highest BCUT2D eigenvalue weighted by Gasteiger charge is 2.10. The van der Waals surface area contributed by atoms with Crippen molar-refractivity contribution in [3.63, 3.8) is 0 Å². The van der Waals surface area contributed by atoms with Crippen molar-refractivity contribution in [2.24, 2.45) is 5.73 Å². The number of hydrogen-bond donors (Lipinski definition) is 1. The van der Waals surface area contributed by atoms with E-state index >= 15 is 0 Å². The average Bonchev–Trinajstić information content (AvgIpc) is 2.57. The molecule has 0 spiro atoms. The molecule has 0 saturated carbocycles. The van der Waals surface area contributed by atoms with E-state index in [-0.39, 0.29) is 0 Å². The van der Waals surface area contributed by atoms with Crippen LogP contribution in [0.4, 0.5) is 0 Å². The summed E-state index contributed by atoms with van der Waals surface area (Å²) < 4.78 is 23.6. The van der Waals surface area contributed by atoms with Crippen molar-refractivity contribution in [2.75, 3.05) is 12.8 Å². The molecule has 0 radical (unpaired) electrons. The Balaban J connectivity index is 2.54. The zero-order chi connectivity index (χ0) is 11.8. The first kappa shape index (κ1) is 11.5. The number of benzene rings is 1. The highest BCUT2D eigenvalue weighted by molar-refractivity contribution is 7.90. The first-order valence-electron chi connectivity index (χ1n) is 4.80. The van der Waals surface area contributed by atoms with Gasteiger partial charge in [0.05, 0.1) is 20.1 Å². The molecule has 86 valence electrons. The van der Waals surface area contributed by atoms with E-state index in [1.807, 2.05) is 0 Å². The molecule has 0 bridgehead atoms. The standard InChI is InChI=1S/C10H12N2O2S2/c1-16(13,14)7-2-3-8-9(6-7)15-10(12-8)4-5-11/h2-3,6H,4-5,11H2,1H3. The Kier molecular flexibility index (Phi) is 2.96. The maximum Gasteiger partial charge on any atom is 0.175 e. The van der Waals surface area contributed by atoms with Crippen LogP contribution >= 0.6 is 11.3 Å². The summed E-state index contributed by atoms with van der Waals surface area (Å²) in [7, 11) is -3.14. The number of nitrogens with zero attached hydrogens (tertiary/aromatic N) is 1. The van der Waals surface area contributed by atoms with Crippen LogP contribution in [0.1, 0.15) is 5.01 Å². The van der Waals surface area contributed by atoms with Crippen LogP contribution in [0, 0.1) is 0 Å². The SMILES string of the molecule is CS(=O)(=O)c1ccc2nc(CCN)sc2c1. The molecule has 2 aromatic rings. The lowest BCUT2D eigenvalue weighted by atomic mass is 10.3. The summed E-state index contributed by atoms with van der Waals surface area (Å²) in [5.74, 6) is 0. The Morgan fingerprint density at radius 3 is 2.81 bits per heavy atom. The van der Waals surface area contributed by atoms with Gasteiger partial charge in [0.1, 0.15) is 0 Å². The van der Waals surface area contributed by atoms with Gasteiger partial charge in [0.15, 0.2) is 9.84 Å². The first-order valence-corrected chi connectivity index (χ1v) is 7.51. The third-order valence-electron chi connectivity index (χ3n) is 2.19. The summed E-state index contributed by atoms with van der Waals surface area (Å²) >= 11 is 1.50. The number of sulfone groups is 1. The lowest BCUT2D eigenvalue weighted by molar-refractivity contribution is 0.602. The van der Waals surface area contributed by atoms with Crippen molar-refractivity contribution in [1.82, 2.24) is 4.98 Å². The highest BCUT2D eigenvalue weighted by atomic mass is 32.2. The third-order valence-corrected chi connectivity index (χ3v) is 4.38. The van der Waals surface area contributed by atoms with Gasteiger partial charge in [-0.05, 0) is 24.7 Å². The van der Waals surface area contributed by atoms with E-state index in [2.05, 4.69) is 4.98 Å². The largest absolute Gasteiger partial charge is 0.330 e. The van der Waals surface area contributed by atoms with Crippen LogP contribution in [0.2, 0.25) is 0 Å². The minimum Gasteiger partial charge on any atom is -0.330 e. The zero-order valence-corrected chi connectivity index (χ0v) is 10.4. The lowest BCUT2D eigenvalue weighted by Gasteiger charge is -1.96. The van der Waals surface area contributed by atoms with E-state index in [0.717, 1.165) is 21.6 Å². The fourth-order valence-electron chi connectivity index (χ4n) is 1.41. The molecule has 16 heavy (non-hydrogen) atoms. The van der Waals surface area contributed by atoms with Crippen molar-refractivity contribution in [1.29, 1.82) is 0 Å². The van der Waals surface area contributed by atoms with E-state index < -0.39 is 9.84 Å². The van der Waals surface area contributed by atoms with E-state index in [1.165, 1.54) is 17.6 Å². The molecule has 1 aromatic carbocycles. The summed E-state index contributed by atoms with van der Waals surface area (Å²) in [5, 5.41) is 0.947. The summed E-state index contributed by atoms with van der Waals surface area (Å²) in [6, 6.07) is 4.99. The van der Waals surface area contributed by atoms with Crippen LogP contribution in [0.5, 0.6) is 0 Å². The minimum absolute atomic E-state index is 0.336. The van der Waals surface area contributed by atoms with Crippen LogP contribution < -0.4 is 5.73 Å². The van der Waals surface area contributed by atoms with Crippen LogP contribution in [0.15, 0.2) is 23.1 Å². The van der Waals surface area contributed by atoms with Crippen LogP contribution in [-0.4, -0.2) is 26.2 Å². The van der Waals surface area contributed by atoms with Gasteiger partial charge in [-0.2, -0.15) is 0 Å². The molecule has 0 unspecified atom stereocenters. The van der Waals surface area contributed by atoms with Crippen LogP contribution in [0.3, 0.4) is 0 Å². The maximum absolute atomic E-state index is 11.4. The lowest BCUT2D eigenvalue weighted by Crippen LogP contribution is -2.01. The van der Waals surface area contributed by atoms with E-state index in [0.29, 0.717) is 11.4 Å². The third kappa shape index (κ3) is 2.23. The monoisotopic (exact) mass is 256 g/mol. The second kappa shape index (κ2) is 4.12. The normalized spacial score (nSPS) is 12.1. The molecular weight excluding hydrogens is 244 g/mol. The Labute approximate surface area is 98.0 Å². The molecule has 2 rings (SSSR count). The summed E-state index contributed by atoms with van der Waals surface area (Å²) in [5.41, 5.74) is 6.29. The highest BCUT2D eigenvalue weighted by Crippen LogP contribution is 2.25. The second-order valence-electron chi connectivity index (χ2n) is 3.55. The smallest absolute Gasteiger partial charge is 0.175 e. The Hall–Kier alpha value is -0.980. The van der Waals surface area contributed by atoms with Crippen molar-refractivity contribution in [2.45, 2.75) is 11.3 Å². The maximum atomic E-state index is 11.4. The molecule has 1 aromatic heterocycles. The van der Waals surface area contributed by atoms with Gasteiger partial charge in [-0.3, -0.25) is 0 Å². The van der Waals surface area contributed by atoms with Gasteiger partial charge in [0.2, 0.25) is 0 Å². The average molecular weight is 256 g/mol. The molecule has 0 amide bonds. The van der Waals surface area contributed by atoms with Gasteiger partial charge in [-0.15, -0.1) is 11.3 Å². The summed E-state index contributed by atoms with van der Waals surface area (Å²) in [6.07, 6.45) is 1.93.